The van der Waals surface area contributed by atoms with Crippen molar-refractivity contribution in [3.05, 3.63) is 36.7 Å². The van der Waals surface area contributed by atoms with E-state index in [0.717, 1.165) is 42.8 Å². The molecule has 1 aromatic carbocycles. The Morgan fingerprint density at radius 2 is 2.07 bits per heavy atom. The van der Waals surface area contributed by atoms with E-state index in [-0.39, 0.29) is 12.1 Å². The molecule has 1 atom stereocenters. The number of likely N-dealkylation sites (N-methyl/N-ethyl adjacent to an activating group) is 1. The Labute approximate surface area is 160 Å². The monoisotopic (exact) mass is 371 g/mol. The van der Waals surface area contributed by atoms with Gasteiger partial charge in [0.15, 0.2) is 0 Å². The minimum absolute atomic E-state index is 0.0367. The van der Waals surface area contributed by atoms with E-state index in [4.69, 9.17) is 4.74 Å². The zero-order chi connectivity index (χ0) is 19.2. The molecule has 1 saturated heterocycles. The van der Waals surface area contributed by atoms with Gasteiger partial charge in [-0.05, 0) is 44.6 Å². The fourth-order valence-corrected chi connectivity index (χ4v) is 3.48. The molecule has 1 N–H and O–H groups in total. The summed E-state index contributed by atoms with van der Waals surface area (Å²) in [6.07, 6.45) is 5.92. The van der Waals surface area contributed by atoms with Gasteiger partial charge >= 0.3 is 0 Å². The first-order valence-electron chi connectivity index (χ1n) is 9.44. The minimum atomic E-state index is -0.207. The molecule has 2 heterocycles. The van der Waals surface area contributed by atoms with Gasteiger partial charge < -0.3 is 10.1 Å². The number of hydrogen-bond acceptors (Lipinski definition) is 5. The van der Waals surface area contributed by atoms with Crippen LogP contribution >= 0.6 is 0 Å². The van der Waals surface area contributed by atoms with Crippen LogP contribution in [-0.2, 0) is 11.8 Å². The van der Waals surface area contributed by atoms with E-state index >= 15 is 0 Å². The highest BCUT2D eigenvalue weighted by Gasteiger charge is 2.29. The number of aryl methyl sites for hydroxylation is 1. The van der Waals surface area contributed by atoms with Crippen molar-refractivity contribution >= 4 is 5.91 Å². The molecule has 1 aliphatic heterocycles. The molecule has 1 fully saturated rings. The van der Waals surface area contributed by atoms with Crippen molar-refractivity contribution in [2.45, 2.75) is 19.0 Å². The molecule has 27 heavy (non-hydrogen) atoms. The summed E-state index contributed by atoms with van der Waals surface area (Å²) < 4.78 is 7.60. The molecule has 0 spiro atoms. The predicted molar refractivity (Wildman–Crippen MR) is 105 cm³/mol. The van der Waals surface area contributed by atoms with Crippen molar-refractivity contribution in [1.82, 2.24) is 24.9 Å². The topological polar surface area (TPSA) is 62.6 Å². The van der Waals surface area contributed by atoms with Crippen LogP contribution in [0, 0.1) is 0 Å². The second-order valence-corrected chi connectivity index (χ2v) is 7.15. The van der Waals surface area contributed by atoms with E-state index in [2.05, 4.69) is 15.3 Å². The SMILES string of the molecule is CN(C)C(C(=O)NCCOc1cccc(-c2cnn(C)c2)c1)N1CCCC1. The Kier molecular flexibility index (Phi) is 6.47. The van der Waals surface area contributed by atoms with Crippen molar-refractivity contribution in [1.29, 1.82) is 0 Å². The van der Waals surface area contributed by atoms with Gasteiger partial charge in [0.25, 0.3) is 5.91 Å². The number of carbonyl (C=O) groups is 1. The second-order valence-electron chi connectivity index (χ2n) is 7.15. The summed E-state index contributed by atoms with van der Waals surface area (Å²) in [6, 6.07) is 7.91. The summed E-state index contributed by atoms with van der Waals surface area (Å²) in [7, 11) is 5.79. The Morgan fingerprint density at radius 3 is 2.74 bits per heavy atom. The van der Waals surface area contributed by atoms with Gasteiger partial charge in [0.1, 0.15) is 18.5 Å². The highest BCUT2D eigenvalue weighted by molar-refractivity contribution is 5.81. The fourth-order valence-electron chi connectivity index (χ4n) is 3.48. The molecular formula is C20H29N5O2. The maximum Gasteiger partial charge on any atom is 0.252 e. The molecular weight excluding hydrogens is 342 g/mol. The van der Waals surface area contributed by atoms with Gasteiger partial charge in [-0.25, -0.2) is 0 Å². The van der Waals surface area contributed by atoms with Crippen LogP contribution in [0.2, 0.25) is 0 Å². The lowest BCUT2D eigenvalue weighted by Gasteiger charge is -2.31. The van der Waals surface area contributed by atoms with E-state index in [1.807, 2.05) is 62.7 Å². The lowest BCUT2D eigenvalue weighted by Crippen LogP contribution is -2.54. The average molecular weight is 371 g/mol. The quantitative estimate of drug-likeness (QED) is 0.714. The third kappa shape index (κ3) is 5.08. The van der Waals surface area contributed by atoms with Crippen molar-refractivity contribution in [2.24, 2.45) is 7.05 Å². The summed E-state index contributed by atoms with van der Waals surface area (Å²) in [6.45, 7) is 2.87. The zero-order valence-electron chi connectivity index (χ0n) is 16.4. The number of nitrogens with one attached hydrogen (secondary N) is 1. The predicted octanol–water partition coefficient (Wildman–Crippen LogP) is 1.57. The number of benzene rings is 1. The largest absolute Gasteiger partial charge is 0.492 e. The van der Waals surface area contributed by atoms with Gasteiger partial charge in [0, 0.05) is 31.9 Å². The van der Waals surface area contributed by atoms with Gasteiger partial charge in [-0.1, -0.05) is 12.1 Å². The molecule has 0 saturated carbocycles. The third-order valence-corrected chi connectivity index (χ3v) is 4.75. The summed E-state index contributed by atoms with van der Waals surface area (Å²) in [4.78, 5) is 16.8. The van der Waals surface area contributed by atoms with Gasteiger partial charge in [0.05, 0.1) is 12.7 Å². The van der Waals surface area contributed by atoms with Crippen LogP contribution < -0.4 is 10.1 Å². The van der Waals surface area contributed by atoms with E-state index in [1.165, 1.54) is 0 Å². The van der Waals surface area contributed by atoms with Crippen LogP contribution in [0.15, 0.2) is 36.7 Å². The first-order chi connectivity index (χ1) is 13.0. The number of rotatable bonds is 8. The number of aromatic nitrogens is 2. The molecule has 1 aliphatic rings. The van der Waals surface area contributed by atoms with Crippen molar-refractivity contribution < 1.29 is 9.53 Å². The van der Waals surface area contributed by atoms with Gasteiger partial charge in [0.2, 0.25) is 0 Å². The Bertz CT molecular complexity index is 752. The van der Waals surface area contributed by atoms with E-state index in [0.29, 0.717) is 13.2 Å². The first-order valence-corrected chi connectivity index (χ1v) is 9.44. The molecule has 1 unspecified atom stereocenters. The highest BCUT2D eigenvalue weighted by atomic mass is 16.5. The highest BCUT2D eigenvalue weighted by Crippen LogP contribution is 2.23. The number of amides is 1. The van der Waals surface area contributed by atoms with Crippen molar-refractivity contribution in [3.8, 4) is 16.9 Å². The maximum absolute atomic E-state index is 12.6. The molecule has 146 valence electrons. The molecule has 3 rings (SSSR count). The Morgan fingerprint density at radius 1 is 1.30 bits per heavy atom. The van der Waals surface area contributed by atoms with Gasteiger partial charge in [-0.2, -0.15) is 5.10 Å². The van der Waals surface area contributed by atoms with Crippen LogP contribution in [0.3, 0.4) is 0 Å². The summed E-state index contributed by atoms with van der Waals surface area (Å²) in [5.74, 6) is 0.823. The molecule has 0 aliphatic carbocycles. The number of ether oxygens (including phenoxy) is 1. The zero-order valence-corrected chi connectivity index (χ0v) is 16.4. The van der Waals surface area contributed by atoms with Crippen LogP contribution in [0.1, 0.15) is 12.8 Å². The number of likely N-dealkylation sites (tertiary alicyclic amines) is 1. The van der Waals surface area contributed by atoms with E-state index in [9.17, 15) is 4.79 Å². The molecule has 1 amide bonds. The van der Waals surface area contributed by atoms with Gasteiger partial charge in [-0.3, -0.25) is 19.3 Å². The summed E-state index contributed by atoms with van der Waals surface area (Å²) in [5.41, 5.74) is 2.11. The van der Waals surface area contributed by atoms with Crippen molar-refractivity contribution in [3.63, 3.8) is 0 Å². The van der Waals surface area contributed by atoms with E-state index < -0.39 is 0 Å². The van der Waals surface area contributed by atoms with Crippen LogP contribution in [0.25, 0.3) is 11.1 Å². The number of nitrogens with zero attached hydrogens (tertiary/aromatic N) is 4. The first kappa shape index (κ1) is 19.4. The third-order valence-electron chi connectivity index (χ3n) is 4.75. The average Bonchev–Trinajstić information content (AvgIpc) is 3.31. The lowest BCUT2D eigenvalue weighted by atomic mass is 10.1. The molecule has 7 heteroatoms. The second kappa shape index (κ2) is 9.01. The summed E-state index contributed by atoms with van der Waals surface area (Å²) in [5, 5.41) is 7.20. The van der Waals surface area contributed by atoms with E-state index in [1.54, 1.807) is 4.68 Å². The van der Waals surface area contributed by atoms with Crippen LogP contribution in [0.5, 0.6) is 5.75 Å². The Balaban J connectivity index is 1.49. The molecule has 7 nitrogen and oxygen atoms in total. The fraction of sp³-hybridized carbons (Fsp3) is 0.500. The standard InChI is InChI=1S/C20H29N5O2/c1-23(2)20(25-10-4-5-11-25)19(26)21-9-12-27-18-8-6-7-16(13-18)17-14-22-24(3)15-17/h6-8,13-15,20H,4-5,9-12H2,1-3H3,(H,21,26). The molecule has 1 aromatic heterocycles. The smallest absolute Gasteiger partial charge is 0.252 e. The summed E-state index contributed by atoms with van der Waals surface area (Å²) >= 11 is 0. The van der Waals surface area contributed by atoms with Gasteiger partial charge in [-0.15, -0.1) is 0 Å². The Hall–Kier alpha value is -2.38. The van der Waals surface area contributed by atoms with Crippen molar-refractivity contribution in [2.75, 3.05) is 40.3 Å². The molecule has 2 aromatic rings. The molecule has 0 bridgehead atoms. The molecule has 0 radical (unpaired) electrons. The number of hydrogen-bond donors (Lipinski definition) is 1. The number of carbonyl (C=O) groups excluding carboxylic acids is 1. The maximum atomic E-state index is 12.6. The van der Waals surface area contributed by atoms with Crippen LogP contribution in [-0.4, -0.2) is 72.0 Å². The lowest BCUT2D eigenvalue weighted by molar-refractivity contribution is -0.131. The minimum Gasteiger partial charge on any atom is -0.492 e. The van der Waals surface area contributed by atoms with Crippen LogP contribution in [0.4, 0.5) is 0 Å². The normalized spacial score (nSPS) is 15.9.